The maximum Gasteiger partial charge on any atom is 0.251 e. The Morgan fingerprint density at radius 1 is 1.42 bits per heavy atom. The van der Waals surface area contributed by atoms with Crippen LogP contribution in [-0.2, 0) is 0 Å². The molecule has 1 saturated carbocycles. The molecule has 2 nitrogen and oxygen atoms in total. The number of nitrogens with one attached hydrogen (secondary N) is 1. The van der Waals surface area contributed by atoms with Gasteiger partial charge in [0.15, 0.2) is 0 Å². The molecule has 3 heteroatoms. The molecule has 3 atom stereocenters. The largest absolute Gasteiger partial charge is 0.349 e. The van der Waals surface area contributed by atoms with Crippen molar-refractivity contribution < 1.29 is 4.79 Å². The summed E-state index contributed by atoms with van der Waals surface area (Å²) in [6.07, 6.45) is 3.54. The fourth-order valence-corrected chi connectivity index (χ4v) is 3.33. The average molecular weight is 277 g/mol. The first-order chi connectivity index (χ1) is 9.02. The van der Waals surface area contributed by atoms with E-state index < -0.39 is 0 Å². The number of rotatable bonds is 3. The van der Waals surface area contributed by atoms with Crippen LogP contribution in [0.5, 0.6) is 0 Å². The molecule has 1 amide bonds. The van der Waals surface area contributed by atoms with Crippen molar-refractivity contribution in [2.24, 2.45) is 11.8 Å². The third-order valence-electron chi connectivity index (χ3n) is 4.53. The lowest BCUT2D eigenvalue weighted by Crippen LogP contribution is -2.37. The van der Waals surface area contributed by atoms with E-state index in [1.54, 1.807) is 0 Å². The Kier molecular flexibility index (Phi) is 4.56. The zero-order valence-electron chi connectivity index (χ0n) is 11.9. The highest BCUT2D eigenvalue weighted by atomic mass is 32.1. The minimum Gasteiger partial charge on any atom is -0.349 e. The van der Waals surface area contributed by atoms with Gasteiger partial charge in [-0.15, -0.1) is 12.6 Å². The normalized spacial score (nSPS) is 26.4. The summed E-state index contributed by atoms with van der Waals surface area (Å²) in [6, 6.07) is 6.04. The lowest BCUT2D eigenvalue weighted by atomic mass is 9.93. The molecule has 0 spiro atoms. The number of carbonyl (C=O) groups excluding carboxylic acids is 1. The lowest BCUT2D eigenvalue weighted by Gasteiger charge is -2.21. The summed E-state index contributed by atoms with van der Waals surface area (Å²) in [7, 11) is 0. The number of hydrogen-bond donors (Lipinski definition) is 2. The van der Waals surface area contributed by atoms with Crippen LogP contribution in [0.2, 0.25) is 0 Å². The number of hydrogen-bond acceptors (Lipinski definition) is 2. The van der Waals surface area contributed by atoms with E-state index in [9.17, 15) is 4.79 Å². The first-order valence-corrected chi connectivity index (χ1v) is 7.58. The first-order valence-electron chi connectivity index (χ1n) is 7.13. The van der Waals surface area contributed by atoms with E-state index in [0.29, 0.717) is 12.0 Å². The van der Waals surface area contributed by atoms with Gasteiger partial charge in [0.25, 0.3) is 5.91 Å². The molecule has 0 aliphatic heterocycles. The van der Waals surface area contributed by atoms with Gasteiger partial charge < -0.3 is 5.32 Å². The maximum atomic E-state index is 12.4. The number of amides is 1. The molecule has 0 saturated heterocycles. The van der Waals surface area contributed by atoms with Gasteiger partial charge in [0.2, 0.25) is 0 Å². The smallest absolute Gasteiger partial charge is 0.251 e. The van der Waals surface area contributed by atoms with Gasteiger partial charge in [0.05, 0.1) is 0 Å². The quantitative estimate of drug-likeness (QED) is 0.808. The molecule has 1 aliphatic rings. The molecular weight excluding hydrogens is 254 g/mol. The highest BCUT2D eigenvalue weighted by Crippen LogP contribution is 2.34. The van der Waals surface area contributed by atoms with Crippen LogP contribution >= 0.6 is 12.6 Å². The van der Waals surface area contributed by atoms with Gasteiger partial charge in [-0.1, -0.05) is 26.3 Å². The molecule has 0 bridgehead atoms. The van der Waals surface area contributed by atoms with Gasteiger partial charge in [-0.25, -0.2) is 0 Å². The maximum absolute atomic E-state index is 12.4. The number of aryl methyl sites for hydroxylation is 1. The molecule has 104 valence electrons. The molecule has 1 aromatic carbocycles. The Hall–Kier alpha value is -0.960. The van der Waals surface area contributed by atoms with Crippen LogP contribution in [0.3, 0.4) is 0 Å². The highest BCUT2D eigenvalue weighted by Gasteiger charge is 2.32. The van der Waals surface area contributed by atoms with Crippen LogP contribution < -0.4 is 5.32 Å². The molecule has 0 heterocycles. The SMILES string of the molecule is CCC1CCC(NC(=O)c2cc(S)ccc2C)C1C. The minimum atomic E-state index is 0.0435. The summed E-state index contributed by atoms with van der Waals surface area (Å²) in [5.41, 5.74) is 1.76. The second kappa shape index (κ2) is 6.00. The van der Waals surface area contributed by atoms with Crippen LogP contribution in [0.15, 0.2) is 23.1 Å². The fraction of sp³-hybridized carbons (Fsp3) is 0.562. The van der Waals surface area contributed by atoms with Gasteiger partial charge in [-0.2, -0.15) is 0 Å². The predicted octanol–water partition coefficient (Wildman–Crippen LogP) is 3.84. The Balaban J connectivity index is 2.07. The molecule has 0 aromatic heterocycles. The molecule has 3 unspecified atom stereocenters. The molecule has 1 aliphatic carbocycles. The van der Waals surface area contributed by atoms with Gasteiger partial charge in [0.1, 0.15) is 0 Å². The molecule has 1 aromatic rings. The van der Waals surface area contributed by atoms with E-state index in [1.165, 1.54) is 12.8 Å². The third kappa shape index (κ3) is 3.14. The van der Waals surface area contributed by atoms with Crippen molar-refractivity contribution in [1.29, 1.82) is 0 Å². The summed E-state index contributed by atoms with van der Waals surface area (Å²) in [4.78, 5) is 13.2. The van der Waals surface area contributed by atoms with E-state index in [2.05, 4.69) is 31.8 Å². The monoisotopic (exact) mass is 277 g/mol. The van der Waals surface area contributed by atoms with E-state index in [4.69, 9.17) is 0 Å². The summed E-state index contributed by atoms with van der Waals surface area (Å²) in [6.45, 7) is 6.46. The number of carbonyl (C=O) groups is 1. The van der Waals surface area contributed by atoms with Crippen molar-refractivity contribution in [2.75, 3.05) is 0 Å². The van der Waals surface area contributed by atoms with E-state index >= 15 is 0 Å². The average Bonchev–Trinajstić information content (AvgIpc) is 2.73. The molecule has 19 heavy (non-hydrogen) atoms. The van der Waals surface area contributed by atoms with Crippen LogP contribution in [-0.4, -0.2) is 11.9 Å². The predicted molar refractivity (Wildman–Crippen MR) is 81.9 cm³/mol. The molecular formula is C16H23NOS. The second-order valence-corrected chi connectivity index (χ2v) is 6.20. The minimum absolute atomic E-state index is 0.0435. The summed E-state index contributed by atoms with van der Waals surface area (Å²) >= 11 is 4.31. The summed E-state index contributed by atoms with van der Waals surface area (Å²) in [5, 5.41) is 3.20. The zero-order valence-corrected chi connectivity index (χ0v) is 12.8. The van der Waals surface area contributed by atoms with Crippen molar-refractivity contribution in [2.45, 2.75) is 51.0 Å². The van der Waals surface area contributed by atoms with Crippen LogP contribution in [0, 0.1) is 18.8 Å². The number of thiol groups is 1. The summed E-state index contributed by atoms with van der Waals surface area (Å²) in [5.74, 6) is 1.37. The highest BCUT2D eigenvalue weighted by molar-refractivity contribution is 7.80. The van der Waals surface area contributed by atoms with Gasteiger partial charge in [-0.3, -0.25) is 4.79 Å². The third-order valence-corrected chi connectivity index (χ3v) is 4.81. The standard InChI is InChI=1S/C16H23NOS/c1-4-12-6-8-15(11(12)3)17-16(18)14-9-13(19)7-5-10(14)2/h5,7,9,11-12,15,19H,4,6,8H2,1-3H3,(H,17,18). The van der Waals surface area contributed by atoms with E-state index in [0.717, 1.165) is 28.4 Å². The fourth-order valence-electron chi connectivity index (χ4n) is 3.13. The molecule has 0 radical (unpaired) electrons. The number of benzene rings is 1. The second-order valence-electron chi connectivity index (χ2n) is 5.68. The van der Waals surface area contributed by atoms with Crippen molar-refractivity contribution in [1.82, 2.24) is 5.32 Å². The molecule has 2 rings (SSSR count). The van der Waals surface area contributed by atoms with Crippen molar-refractivity contribution in [3.63, 3.8) is 0 Å². The Bertz CT molecular complexity index is 472. The van der Waals surface area contributed by atoms with Crippen molar-refractivity contribution in [3.05, 3.63) is 29.3 Å². The van der Waals surface area contributed by atoms with Gasteiger partial charge in [-0.05, 0) is 49.3 Å². The Morgan fingerprint density at radius 2 is 2.16 bits per heavy atom. The Labute approximate surface area is 121 Å². The first kappa shape index (κ1) is 14.4. The lowest BCUT2D eigenvalue weighted by molar-refractivity contribution is 0.0925. The zero-order chi connectivity index (χ0) is 14.0. The summed E-state index contributed by atoms with van der Waals surface area (Å²) < 4.78 is 0. The van der Waals surface area contributed by atoms with Crippen molar-refractivity contribution >= 4 is 18.5 Å². The molecule has 1 fully saturated rings. The molecule has 1 N–H and O–H groups in total. The van der Waals surface area contributed by atoms with Crippen LogP contribution in [0.1, 0.15) is 49.0 Å². The van der Waals surface area contributed by atoms with Gasteiger partial charge >= 0.3 is 0 Å². The van der Waals surface area contributed by atoms with Crippen LogP contribution in [0.4, 0.5) is 0 Å². The van der Waals surface area contributed by atoms with Gasteiger partial charge in [0, 0.05) is 16.5 Å². The Morgan fingerprint density at radius 3 is 2.79 bits per heavy atom. The van der Waals surface area contributed by atoms with Crippen LogP contribution in [0.25, 0.3) is 0 Å². The topological polar surface area (TPSA) is 29.1 Å². The van der Waals surface area contributed by atoms with E-state index in [1.807, 2.05) is 25.1 Å². The van der Waals surface area contributed by atoms with Crippen molar-refractivity contribution in [3.8, 4) is 0 Å². The van der Waals surface area contributed by atoms with E-state index in [-0.39, 0.29) is 5.91 Å².